The van der Waals surface area contributed by atoms with E-state index in [1.54, 1.807) is 50.4 Å². The van der Waals surface area contributed by atoms with E-state index < -0.39 is 6.10 Å². The fourth-order valence-electron chi connectivity index (χ4n) is 1.91. The number of halogens is 2. The molecule has 0 radical (unpaired) electrons. The Morgan fingerprint density at radius 1 is 1.10 bits per heavy atom. The Kier molecular flexibility index (Phi) is 5.34. The molecule has 0 spiro atoms. The highest BCUT2D eigenvalue weighted by molar-refractivity contribution is 6.32. The summed E-state index contributed by atoms with van der Waals surface area (Å²) in [5.41, 5.74) is 1.58. The Morgan fingerprint density at radius 3 is 2.43 bits per heavy atom. The second-order valence-electron chi connectivity index (χ2n) is 4.61. The fraction of sp³-hybridized carbons (Fsp3) is 0.250. The molecule has 0 saturated heterocycles. The second kappa shape index (κ2) is 7.03. The molecule has 0 fully saturated rings. The Hall–Kier alpha value is -1.42. The number of aliphatic hydroxyl groups is 1. The van der Waals surface area contributed by atoms with Crippen LogP contribution in [-0.2, 0) is 6.61 Å². The third-order valence-corrected chi connectivity index (χ3v) is 3.59. The maximum absolute atomic E-state index is 9.52. The number of ether oxygens (including phenoxy) is 2. The molecule has 0 amide bonds. The molecule has 0 aliphatic carbocycles. The lowest BCUT2D eigenvalue weighted by Crippen LogP contribution is -2.00. The molecule has 0 unspecified atom stereocenters. The van der Waals surface area contributed by atoms with Crippen LogP contribution in [-0.4, -0.2) is 12.2 Å². The smallest absolute Gasteiger partial charge is 0.138 e. The summed E-state index contributed by atoms with van der Waals surface area (Å²) < 4.78 is 11.0. The van der Waals surface area contributed by atoms with Crippen molar-refractivity contribution in [2.45, 2.75) is 19.6 Å². The van der Waals surface area contributed by atoms with Gasteiger partial charge in [0.1, 0.15) is 18.1 Å². The molecule has 5 heteroatoms. The first-order valence-corrected chi connectivity index (χ1v) is 7.19. The van der Waals surface area contributed by atoms with Crippen LogP contribution in [0.1, 0.15) is 24.2 Å². The predicted octanol–water partition coefficient (Wildman–Crippen LogP) is 4.63. The summed E-state index contributed by atoms with van der Waals surface area (Å²) in [7, 11) is 1.59. The van der Waals surface area contributed by atoms with Crippen LogP contribution in [0.5, 0.6) is 11.5 Å². The van der Waals surface area contributed by atoms with Crippen molar-refractivity contribution >= 4 is 23.2 Å². The van der Waals surface area contributed by atoms with Crippen LogP contribution >= 0.6 is 23.2 Å². The van der Waals surface area contributed by atoms with Gasteiger partial charge in [0.25, 0.3) is 0 Å². The first-order valence-electron chi connectivity index (χ1n) is 6.44. The van der Waals surface area contributed by atoms with Gasteiger partial charge >= 0.3 is 0 Å². The third kappa shape index (κ3) is 4.03. The van der Waals surface area contributed by atoms with Gasteiger partial charge in [0.2, 0.25) is 0 Å². The Labute approximate surface area is 134 Å². The van der Waals surface area contributed by atoms with E-state index in [-0.39, 0.29) is 6.61 Å². The number of hydrogen-bond acceptors (Lipinski definition) is 3. The second-order valence-corrected chi connectivity index (χ2v) is 5.45. The Morgan fingerprint density at radius 2 is 1.81 bits per heavy atom. The zero-order valence-electron chi connectivity index (χ0n) is 11.8. The summed E-state index contributed by atoms with van der Waals surface area (Å²) >= 11 is 12.1. The Bertz CT molecular complexity index is 627. The minimum absolute atomic E-state index is 0.289. The van der Waals surface area contributed by atoms with Gasteiger partial charge in [-0.05, 0) is 42.8 Å². The van der Waals surface area contributed by atoms with E-state index in [4.69, 9.17) is 32.7 Å². The zero-order valence-corrected chi connectivity index (χ0v) is 13.3. The number of hydrogen-bond donors (Lipinski definition) is 1. The molecule has 2 rings (SSSR count). The molecule has 3 nitrogen and oxygen atoms in total. The SMILES string of the molecule is COc1ccc(Cl)cc1COc1ccc([C@@H](C)O)cc1Cl. The van der Waals surface area contributed by atoms with Gasteiger partial charge in [0.05, 0.1) is 18.2 Å². The topological polar surface area (TPSA) is 38.7 Å². The van der Waals surface area contributed by atoms with Crippen molar-refractivity contribution in [3.63, 3.8) is 0 Å². The minimum Gasteiger partial charge on any atom is -0.496 e. The van der Waals surface area contributed by atoms with Crippen LogP contribution in [0.3, 0.4) is 0 Å². The summed E-state index contributed by atoms with van der Waals surface area (Å²) in [6, 6.07) is 10.5. The lowest BCUT2D eigenvalue weighted by atomic mass is 10.1. The Balaban J connectivity index is 2.15. The first-order chi connectivity index (χ1) is 10.0. The highest BCUT2D eigenvalue weighted by Crippen LogP contribution is 2.30. The molecule has 0 aliphatic rings. The van der Waals surface area contributed by atoms with Crippen molar-refractivity contribution in [2.24, 2.45) is 0 Å². The van der Waals surface area contributed by atoms with Crippen LogP contribution in [0, 0.1) is 0 Å². The van der Waals surface area contributed by atoms with E-state index in [9.17, 15) is 5.11 Å². The molecule has 0 aliphatic heterocycles. The van der Waals surface area contributed by atoms with E-state index in [2.05, 4.69) is 0 Å². The molecule has 0 aromatic heterocycles. The lowest BCUT2D eigenvalue weighted by Gasteiger charge is -2.13. The van der Waals surface area contributed by atoms with Gasteiger partial charge in [0.15, 0.2) is 0 Å². The monoisotopic (exact) mass is 326 g/mol. The van der Waals surface area contributed by atoms with E-state index in [1.807, 2.05) is 0 Å². The lowest BCUT2D eigenvalue weighted by molar-refractivity contribution is 0.199. The maximum atomic E-state index is 9.52. The first kappa shape index (κ1) is 16.0. The molecule has 0 bridgehead atoms. The molecule has 21 heavy (non-hydrogen) atoms. The van der Waals surface area contributed by atoms with E-state index in [1.165, 1.54) is 0 Å². The average Bonchev–Trinajstić information content (AvgIpc) is 2.46. The summed E-state index contributed by atoms with van der Waals surface area (Å²) in [4.78, 5) is 0. The van der Waals surface area contributed by atoms with Crippen molar-refractivity contribution in [1.82, 2.24) is 0 Å². The van der Waals surface area contributed by atoms with Crippen LogP contribution in [0.4, 0.5) is 0 Å². The third-order valence-electron chi connectivity index (χ3n) is 3.06. The largest absolute Gasteiger partial charge is 0.496 e. The zero-order chi connectivity index (χ0) is 15.4. The van der Waals surface area contributed by atoms with Crippen LogP contribution < -0.4 is 9.47 Å². The summed E-state index contributed by atoms with van der Waals surface area (Å²) in [6.07, 6.45) is -0.565. The highest BCUT2D eigenvalue weighted by atomic mass is 35.5. The van der Waals surface area contributed by atoms with Gasteiger partial charge < -0.3 is 14.6 Å². The van der Waals surface area contributed by atoms with Gasteiger partial charge in [-0.3, -0.25) is 0 Å². The van der Waals surface area contributed by atoms with Crippen LogP contribution in [0.25, 0.3) is 0 Å². The van der Waals surface area contributed by atoms with Crippen molar-refractivity contribution in [3.05, 3.63) is 57.6 Å². The molecule has 2 aromatic carbocycles. The van der Waals surface area contributed by atoms with Gasteiger partial charge in [-0.25, -0.2) is 0 Å². The van der Waals surface area contributed by atoms with Crippen molar-refractivity contribution in [1.29, 1.82) is 0 Å². The van der Waals surface area contributed by atoms with E-state index in [0.717, 1.165) is 11.1 Å². The molecular weight excluding hydrogens is 311 g/mol. The van der Waals surface area contributed by atoms with Crippen molar-refractivity contribution in [3.8, 4) is 11.5 Å². The minimum atomic E-state index is -0.565. The molecule has 0 saturated carbocycles. The molecule has 1 atom stereocenters. The summed E-state index contributed by atoms with van der Waals surface area (Å²) in [6.45, 7) is 1.97. The van der Waals surface area contributed by atoms with E-state index in [0.29, 0.717) is 21.5 Å². The van der Waals surface area contributed by atoms with Crippen molar-refractivity contribution < 1.29 is 14.6 Å². The van der Waals surface area contributed by atoms with Gasteiger partial charge in [-0.1, -0.05) is 29.3 Å². The highest BCUT2D eigenvalue weighted by Gasteiger charge is 2.09. The standard InChI is InChI=1S/C16H16Cl2O3/c1-10(19)11-3-5-16(14(18)8-11)21-9-12-7-13(17)4-6-15(12)20-2/h3-8,10,19H,9H2,1-2H3/t10-/m1/s1. The molecule has 0 heterocycles. The van der Waals surface area contributed by atoms with Crippen LogP contribution in [0.15, 0.2) is 36.4 Å². The summed E-state index contributed by atoms with van der Waals surface area (Å²) in [5, 5.41) is 10.6. The molecular formula is C16H16Cl2O3. The average molecular weight is 327 g/mol. The molecule has 2 aromatic rings. The van der Waals surface area contributed by atoms with Crippen molar-refractivity contribution in [2.75, 3.05) is 7.11 Å². The molecule has 1 N–H and O–H groups in total. The number of rotatable bonds is 5. The normalized spacial score (nSPS) is 12.0. The van der Waals surface area contributed by atoms with Gasteiger partial charge in [-0.2, -0.15) is 0 Å². The number of benzene rings is 2. The molecule has 112 valence electrons. The van der Waals surface area contributed by atoms with Gasteiger partial charge in [0, 0.05) is 10.6 Å². The number of methoxy groups -OCH3 is 1. The number of aliphatic hydroxyl groups excluding tert-OH is 1. The van der Waals surface area contributed by atoms with E-state index >= 15 is 0 Å². The summed E-state index contributed by atoms with van der Waals surface area (Å²) in [5.74, 6) is 1.25. The van der Waals surface area contributed by atoms with Crippen LogP contribution in [0.2, 0.25) is 10.0 Å². The van der Waals surface area contributed by atoms with Gasteiger partial charge in [-0.15, -0.1) is 0 Å². The quantitative estimate of drug-likeness (QED) is 0.870. The fourth-order valence-corrected chi connectivity index (χ4v) is 2.35. The maximum Gasteiger partial charge on any atom is 0.138 e. The predicted molar refractivity (Wildman–Crippen MR) is 84.4 cm³/mol.